The highest BCUT2D eigenvalue weighted by molar-refractivity contribution is 7.47. The predicted octanol–water partition coefficient (Wildman–Crippen LogP) is 14.0. The standard InChI is InChI=1S/C50H90NO9P/c1-3-5-7-9-11-13-15-17-19-21-22-23-24-25-27-29-31-33-35-37-39-41-43-57-44-47(45-58-61(55,56)59-46-48(51)50(53)54)60-49(52)42-40-38-36-34-32-30-28-26-20-18-16-14-12-10-8-6-4-2/h5,7,11,13,17,19,22-23,25,27,47-48H,3-4,6,8-10,12,14-16,18,20-21,24,26,28-46,51H2,1-2H3,(H,53,54)(H,55,56)/b7-5-,13-11-,19-17-,23-22-,27-25-. The second-order valence-electron chi connectivity index (χ2n) is 16.2. The fourth-order valence-corrected chi connectivity index (χ4v) is 7.35. The summed E-state index contributed by atoms with van der Waals surface area (Å²) in [4.78, 5) is 33.6. The number of hydrogen-bond donors (Lipinski definition) is 3. The first-order chi connectivity index (χ1) is 29.7. The van der Waals surface area contributed by atoms with Crippen molar-refractivity contribution >= 4 is 19.8 Å². The van der Waals surface area contributed by atoms with Crippen molar-refractivity contribution in [1.82, 2.24) is 0 Å². The molecule has 4 N–H and O–H groups in total. The summed E-state index contributed by atoms with van der Waals surface area (Å²) in [6, 6.07) is -1.48. The van der Waals surface area contributed by atoms with Crippen molar-refractivity contribution in [2.45, 2.75) is 219 Å². The summed E-state index contributed by atoms with van der Waals surface area (Å²) in [6.07, 6.45) is 55.6. The van der Waals surface area contributed by atoms with Gasteiger partial charge in [-0.15, -0.1) is 0 Å². The number of allylic oxidation sites excluding steroid dienone is 10. The number of nitrogens with two attached hydrogens (primary N) is 1. The Balaban J connectivity index is 4.20. The van der Waals surface area contributed by atoms with Crippen LogP contribution in [0, 0.1) is 0 Å². The smallest absolute Gasteiger partial charge is 0.472 e. The Morgan fingerprint density at radius 2 is 0.951 bits per heavy atom. The number of ether oxygens (including phenoxy) is 2. The average molecular weight is 880 g/mol. The van der Waals surface area contributed by atoms with E-state index in [4.69, 9.17) is 29.4 Å². The van der Waals surface area contributed by atoms with Gasteiger partial charge in [-0.3, -0.25) is 18.6 Å². The first-order valence-electron chi connectivity index (χ1n) is 24.3. The average Bonchev–Trinajstić information content (AvgIpc) is 3.24. The molecule has 0 aliphatic rings. The Morgan fingerprint density at radius 3 is 1.43 bits per heavy atom. The Morgan fingerprint density at radius 1 is 0.541 bits per heavy atom. The summed E-state index contributed by atoms with van der Waals surface area (Å²) in [5, 5.41) is 8.92. The van der Waals surface area contributed by atoms with Crippen LogP contribution < -0.4 is 5.73 Å². The van der Waals surface area contributed by atoms with Crippen LogP contribution >= 0.6 is 7.82 Å². The minimum atomic E-state index is -4.63. The van der Waals surface area contributed by atoms with Gasteiger partial charge in [0.25, 0.3) is 0 Å². The molecule has 0 bridgehead atoms. The maximum absolute atomic E-state index is 12.7. The van der Waals surface area contributed by atoms with Crippen LogP contribution in [0.25, 0.3) is 0 Å². The largest absolute Gasteiger partial charge is 0.480 e. The second-order valence-corrected chi connectivity index (χ2v) is 17.7. The summed E-state index contributed by atoms with van der Waals surface area (Å²) >= 11 is 0. The molecule has 0 aromatic heterocycles. The van der Waals surface area contributed by atoms with Gasteiger partial charge >= 0.3 is 19.8 Å². The molecule has 61 heavy (non-hydrogen) atoms. The molecule has 3 atom stereocenters. The van der Waals surface area contributed by atoms with E-state index in [1.54, 1.807) is 0 Å². The molecule has 0 aliphatic carbocycles. The third kappa shape index (κ3) is 45.5. The molecule has 0 aromatic carbocycles. The van der Waals surface area contributed by atoms with Gasteiger partial charge in [0, 0.05) is 13.0 Å². The predicted molar refractivity (Wildman–Crippen MR) is 254 cm³/mol. The number of carbonyl (C=O) groups is 2. The van der Waals surface area contributed by atoms with Crippen molar-refractivity contribution in [2.75, 3.05) is 26.4 Å². The molecule has 0 spiro atoms. The van der Waals surface area contributed by atoms with Gasteiger partial charge in [-0.2, -0.15) is 0 Å². The van der Waals surface area contributed by atoms with E-state index >= 15 is 0 Å². The Kier molecular flexibility index (Phi) is 43.9. The van der Waals surface area contributed by atoms with Gasteiger partial charge in [0.1, 0.15) is 12.1 Å². The van der Waals surface area contributed by atoms with Gasteiger partial charge < -0.3 is 25.2 Å². The van der Waals surface area contributed by atoms with Crippen LogP contribution in [0.2, 0.25) is 0 Å². The maximum atomic E-state index is 12.7. The van der Waals surface area contributed by atoms with E-state index in [0.29, 0.717) is 13.0 Å². The highest BCUT2D eigenvalue weighted by atomic mass is 31.2. The fraction of sp³-hybridized carbons (Fsp3) is 0.760. The molecule has 0 saturated carbocycles. The minimum Gasteiger partial charge on any atom is -0.480 e. The number of carbonyl (C=O) groups excluding carboxylic acids is 1. The Hall–Kier alpha value is -2.33. The molecule has 0 amide bonds. The van der Waals surface area contributed by atoms with Crippen molar-refractivity contribution in [3.05, 3.63) is 60.8 Å². The summed E-state index contributed by atoms with van der Waals surface area (Å²) in [6.45, 7) is 3.75. The lowest BCUT2D eigenvalue weighted by molar-refractivity contribution is -0.154. The number of unbranched alkanes of at least 4 members (excludes halogenated alkanes) is 22. The van der Waals surface area contributed by atoms with Crippen LogP contribution in [-0.2, 0) is 32.7 Å². The monoisotopic (exact) mass is 880 g/mol. The third-order valence-electron chi connectivity index (χ3n) is 10.3. The third-order valence-corrected chi connectivity index (χ3v) is 11.3. The lowest BCUT2D eigenvalue weighted by atomic mass is 10.0. The lowest BCUT2D eigenvalue weighted by Crippen LogP contribution is -2.34. The zero-order valence-corrected chi connectivity index (χ0v) is 39.6. The Labute approximate surface area is 372 Å². The molecule has 11 heteroatoms. The number of carboxylic acids is 1. The van der Waals surface area contributed by atoms with E-state index in [-0.39, 0.29) is 13.0 Å². The van der Waals surface area contributed by atoms with Crippen LogP contribution in [0.1, 0.15) is 206 Å². The van der Waals surface area contributed by atoms with Gasteiger partial charge in [-0.1, -0.05) is 203 Å². The van der Waals surface area contributed by atoms with Crippen molar-refractivity contribution in [1.29, 1.82) is 0 Å². The molecule has 0 heterocycles. The molecular weight excluding hydrogens is 790 g/mol. The van der Waals surface area contributed by atoms with Crippen molar-refractivity contribution in [2.24, 2.45) is 5.73 Å². The zero-order valence-electron chi connectivity index (χ0n) is 38.7. The fourth-order valence-electron chi connectivity index (χ4n) is 6.57. The Bertz CT molecular complexity index is 1200. The molecule has 0 rings (SSSR count). The SMILES string of the molecule is CC/C=C\C/C=C\C/C=C\C/C=C\C/C=C\CCCCCCCCOCC(COP(=O)(O)OCC(N)C(=O)O)OC(=O)CCCCCCCCCCCCCCCCCCC. The molecule has 0 aromatic rings. The summed E-state index contributed by atoms with van der Waals surface area (Å²) in [5.74, 6) is -1.78. The van der Waals surface area contributed by atoms with E-state index in [1.165, 1.54) is 103 Å². The van der Waals surface area contributed by atoms with Crippen molar-refractivity contribution < 1.29 is 42.7 Å². The molecule has 0 saturated heterocycles. The topological polar surface area (TPSA) is 155 Å². The van der Waals surface area contributed by atoms with Gasteiger partial charge in [0.2, 0.25) is 0 Å². The zero-order chi connectivity index (χ0) is 44.8. The molecule has 3 unspecified atom stereocenters. The maximum Gasteiger partial charge on any atom is 0.472 e. The quantitative estimate of drug-likeness (QED) is 0.0233. The van der Waals surface area contributed by atoms with Crippen LogP contribution in [0.4, 0.5) is 0 Å². The molecule has 354 valence electrons. The molecule has 10 nitrogen and oxygen atoms in total. The van der Waals surface area contributed by atoms with E-state index in [1.807, 2.05) is 0 Å². The second kappa shape index (κ2) is 45.7. The van der Waals surface area contributed by atoms with Crippen LogP contribution in [0.5, 0.6) is 0 Å². The van der Waals surface area contributed by atoms with Gasteiger partial charge in [0.05, 0.1) is 19.8 Å². The number of hydrogen-bond acceptors (Lipinski definition) is 8. The number of rotatable bonds is 46. The minimum absolute atomic E-state index is 0.00662. The van der Waals surface area contributed by atoms with Gasteiger partial charge in [0.15, 0.2) is 0 Å². The highest BCUT2D eigenvalue weighted by Gasteiger charge is 2.27. The van der Waals surface area contributed by atoms with E-state index in [0.717, 1.165) is 77.0 Å². The molecule has 0 fully saturated rings. The lowest BCUT2D eigenvalue weighted by Gasteiger charge is -2.20. The van der Waals surface area contributed by atoms with Crippen LogP contribution in [0.3, 0.4) is 0 Å². The number of phosphoric acid groups is 1. The number of phosphoric ester groups is 1. The van der Waals surface area contributed by atoms with Crippen molar-refractivity contribution in [3.63, 3.8) is 0 Å². The summed E-state index contributed by atoms with van der Waals surface area (Å²) in [5.41, 5.74) is 5.37. The van der Waals surface area contributed by atoms with E-state index in [9.17, 15) is 19.0 Å². The number of esters is 1. The van der Waals surface area contributed by atoms with Gasteiger partial charge in [-0.05, 0) is 57.8 Å². The molecule has 0 aliphatic heterocycles. The number of aliphatic carboxylic acids is 1. The van der Waals surface area contributed by atoms with E-state index < -0.39 is 45.1 Å². The van der Waals surface area contributed by atoms with Crippen LogP contribution in [-0.4, -0.2) is 60.5 Å². The number of carboxylic acid groups (broad SMARTS) is 1. The van der Waals surface area contributed by atoms with Gasteiger partial charge in [-0.25, -0.2) is 4.57 Å². The first kappa shape index (κ1) is 58.7. The van der Waals surface area contributed by atoms with Crippen molar-refractivity contribution in [3.8, 4) is 0 Å². The molecular formula is C50H90NO9P. The highest BCUT2D eigenvalue weighted by Crippen LogP contribution is 2.43. The van der Waals surface area contributed by atoms with Crippen LogP contribution in [0.15, 0.2) is 60.8 Å². The normalized spacial score (nSPS) is 14.3. The summed E-state index contributed by atoms with van der Waals surface area (Å²) in [7, 11) is -4.63. The first-order valence-corrected chi connectivity index (χ1v) is 25.8. The summed E-state index contributed by atoms with van der Waals surface area (Å²) < 4.78 is 33.5. The molecule has 0 radical (unpaired) electrons. The van der Waals surface area contributed by atoms with E-state index in [2.05, 4.69) is 74.6 Å².